The summed E-state index contributed by atoms with van der Waals surface area (Å²) in [6, 6.07) is 5.04. The van der Waals surface area contributed by atoms with Crippen molar-refractivity contribution < 1.29 is 4.79 Å². The highest BCUT2D eigenvalue weighted by molar-refractivity contribution is 6.31. The number of rotatable bonds is 2. The Morgan fingerprint density at radius 3 is 2.73 bits per heavy atom. The van der Waals surface area contributed by atoms with Crippen LogP contribution in [0.4, 0.5) is 10.5 Å². The zero-order chi connectivity index (χ0) is 11.4. The minimum Gasteiger partial charge on any atom is -0.312 e. The fraction of sp³-hybridized carbons (Fsp3) is 0.182. The largest absolute Gasteiger partial charge is 0.323 e. The minimum absolute atomic E-state index is 0.312. The summed E-state index contributed by atoms with van der Waals surface area (Å²) in [6.45, 7) is 7.14. The van der Waals surface area contributed by atoms with E-state index < -0.39 is 0 Å². The molecule has 0 radical (unpaired) electrons. The first kappa shape index (κ1) is 11.6. The van der Waals surface area contributed by atoms with Gasteiger partial charge in [-0.05, 0) is 31.5 Å². The lowest BCUT2D eigenvalue weighted by Gasteiger charge is -2.10. The average Bonchev–Trinajstić information content (AvgIpc) is 2.11. The summed E-state index contributed by atoms with van der Waals surface area (Å²) in [5.74, 6) is 0. The van der Waals surface area contributed by atoms with Crippen LogP contribution in [0.15, 0.2) is 30.5 Å². The van der Waals surface area contributed by atoms with E-state index >= 15 is 0 Å². The summed E-state index contributed by atoms with van der Waals surface area (Å²) in [6.07, 6.45) is 0. The van der Waals surface area contributed by atoms with Gasteiger partial charge in [-0.2, -0.15) is 0 Å². The number of hydrogen-bond donors (Lipinski definition) is 2. The van der Waals surface area contributed by atoms with E-state index in [1.165, 1.54) is 0 Å². The molecule has 0 aliphatic heterocycles. The van der Waals surface area contributed by atoms with E-state index in [4.69, 9.17) is 11.6 Å². The molecule has 0 fully saturated rings. The molecule has 1 rings (SSSR count). The number of carbonyl (C=O) groups excluding carboxylic acids is 1. The third-order valence-electron chi connectivity index (χ3n) is 1.84. The van der Waals surface area contributed by atoms with Crippen molar-refractivity contribution in [2.45, 2.75) is 13.8 Å². The molecule has 2 N–H and O–H groups in total. The van der Waals surface area contributed by atoms with Crippen molar-refractivity contribution in [2.75, 3.05) is 5.32 Å². The van der Waals surface area contributed by atoms with Crippen LogP contribution in [0.2, 0.25) is 5.02 Å². The van der Waals surface area contributed by atoms with Gasteiger partial charge >= 0.3 is 6.03 Å². The Labute approximate surface area is 94.1 Å². The number of allylic oxidation sites excluding steroid dienone is 1. The third-order valence-corrected chi connectivity index (χ3v) is 2.25. The predicted molar refractivity (Wildman–Crippen MR) is 63.2 cm³/mol. The highest BCUT2D eigenvalue weighted by atomic mass is 35.5. The summed E-state index contributed by atoms with van der Waals surface area (Å²) < 4.78 is 0. The number of benzene rings is 1. The van der Waals surface area contributed by atoms with Gasteiger partial charge in [0.25, 0.3) is 0 Å². The summed E-state index contributed by atoms with van der Waals surface area (Å²) in [5.41, 5.74) is 2.13. The first-order valence-corrected chi connectivity index (χ1v) is 4.87. The van der Waals surface area contributed by atoms with E-state index in [0.717, 1.165) is 5.56 Å². The van der Waals surface area contributed by atoms with Crippen LogP contribution >= 0.6 is 11.6 Å². The van der Waals surface area contributed by atoms with Crippen molar-refractivity contribution in [1.82, 2.24) is 5.32 Å². The first-order chi connectivity index (χ1) is 7.00. The summed E-state index contributed by atoms with van der Waals surface area (Å²) in [5, 5.41) is 5.87. The molecule has 0 atom stereocenters. The molecule has 0 aliphatic rings. The molecule has 3 nitrogen and oxygen atoms in total. The van der Waals surface area contributed by atoms with Crippen LogP contribution in [0.3, 0.4) is 0 Å². The maximum atomic E-state index is 11.4. The van der Waals surface area contributed by atoms with Gasteiger partial charge in [0.05, 0.1) is 0 Å². The lowest BCUT2D eigenvalue weighted by molar-refractivity contribution is 0.254. The Balaban J connectivity index is 2.77. The van der Waals surface area contributed by atoms with Gasteiger partial charge in [0.2, 0.25) is 0 Å². The quantitative estimate of drug-likeness (QED) is 0.795. The molecule has 4 heteroatoms. The molecule has 0 aliphatic carbocycles. The van der Waals surface area contributed by atoms with E-state index in [1.807, 2.05) is 6.92 Å². The maximum absolute atomic E-state index is 11.4. The summed E-state index contributed by atoms with van der Waals surface area (Å²) in [4.78, 5) is 11.4. The van der Waals surface area contributed by atoms with Crippen LogP contribution in [0.5, 0.6) is 0 Å². The maximum Gasteiger partial charge on any atom is 0.323 e. The monoisotopic (exact) mass is 224 g/mol. The Morgan fingerprint density at radius 2 is 2.13 bits per heavy atom. The van der Waals surface area contributed by atoms with Crippen molar-refractivity contribution in [3.63, 3.8) is 0 Å². The second kappa shape index (κ2) is 4.84. The fourth-order valence-electron chi connectivity index (χ4n) is 1.09. The van der Waals surface area contributed by atoms with Crippen molar-refractivity contribution >= 4 is 23.3 Å². The second-order valence-corrected chi connectivity index (χ2v) is 3.68. The van der Waals surface area contributed by atoms with Crippen LogP contribution in [-0.4, -0.2) is 6.03 Å². The van der Waals surface area contributed by atoms with Crippen molar-refractivity contribution in [2.24, 2.45) is 0 Å². The fourth-order valence-corrected chi connectivity index (χ4v) is 1.26. The van der Waals surface area contributed by atoms with E-state index in [-0.39, 0.29) is 6.03 Å². The van der Waals surface area contributed by atoms with Crippen LogP contribution in [0, 0.1) is 6.92 Å². The van der Waals surface area contributed by atoms with E-state index in [2.05, 4.69) is 17.2 Å². The molecule has 80 valence electrons. The Morgan fingerprint density at radius 1 is 1.47 bits per heavy atom. The highest BCUT2D eigenvalue weighted by Gasteiger charge is 2.05. The molecule has 1 aromatic rings. The molecular weight excluding hydrogens is 212 g/mol. The molecule has 0 saturated heterocycles. The smallest absolute Gasteiger partial charge is 0.312 e. The Bertz CT molecular complexity index is 402. The second-order valence-electron chi connectivity index (χ2n) is 3.27. The van der Waals surface area contributed by atoms with Crippen molar-refractivity contribution in [1.29, 1.82) is 0 Å². The number of hydrogen-bond acceptors (Lipinski definition) is 1. The predicted octanol–water partition coefficient (Wildman–Crippen LogP) is 3.30. The number of urea groups is 1. The average molecular weight is 225 g/mol. The summed E-state index contributed by atoms with van der Waals surface area (Å²) in [7, 11) is 0. The van der Waals surface area contributed by atoms with Crippen molar-refractivity contribution in [3.8, 4) is 0 Å². The number of halogens is 1. The Hall–Kier alpha value is -1.48. The van der Waals surface area contributed by atoms with Crippen LogP contribution in [0.25, 0.3) is 0 Å². The van der Waals surface area contributed by atoms with Gasteiger partial charge < -0.3 is 10.6 Å². The van der Waals surface area contributed by atoms with Gasteiger partial charge in [0, 0.05) is 16.4 Å². The zero-order valence-corrected chi connectivity index (χ0v) is 9.48. The van der Waals surface area contributed by atoms with Gasteiger partial charge in [0.1, 0.15) is 0 Å². The normalized spacial score (nSPS) is 9.53. The SMILES string of the molecule is C=C(C)NC(=O)Nc1cccc(Cl)c1C. The van der Waals surface area contributed by atoms with E-state index in [1.54, 1.807) is 25.1 Å². The van der Waals surface area contributed by atoms with Gasteiger partial charge in [0.15, 0.2) is 0 Å². The molecule has 0 bridgehead atoms. The highest BCUT2D eigenvalue weighted by Crippen LogP contribution is 2.22. The number of amides is 2. The molecule has 1 aromatic carbocycles. The molecule has 0 unspecified atom stereocenters. The van der Waals surface area contributed by atoms with E-state index in [0.29, 0.717) is 16.4 Å². The molecule has 0 aromatic heterocycles. The number of carbonyl (C=O) groups is 1. The van der Waals surface area contributed by atoms with Crippen molar-refractivity contribution in [3.05, 3.63) is 41.1 Å². The lowest BCUT2D eigenvalue weighted by Crippen LogP contribution is -2.26. The molecular formula is C11H13ClN2O. The zero-order valence-electron chi connectivity index (χ0n) is 8.73. The number of anilines is 1. The lowest BCUT2D eigenvalue weighted by atomic mass is 10.2. The molecule has 0 saturated carbocycles. The van der Waals surface area contributed by atoms with Crippen LogP contribution in [-0.2, 0) is 0 Å². The molecule has 2 amide bonds. The molecule has 0 heterocycles. The van der Waals surface area contributed by atoms with Gasteiger partial charge in [-0.15, -0.1) is 0 Å². The van der Waals surface area contributed by atoms with Crippen LogP contribution < -0.4 is 10.6 Å². The van der Waals surface area contributed by atoms with Gasteiger partial charge in [-0.1, -0.05) is 24.2 Å². The summed E-state index contributed by atoms with van der Waals surface area (Å²) >= 11 is 5.91. The Kier molecular flexibility index (Phi) is 3.74. The van der Waals surface area contributed by atoms with Gasteiger partial charge in [-0.3, -0.25) is 0 Å². The standard InChI is InChI=1S/C11H13ClN2O/c1-7(2)13-11(15)14-10-6-4-5-9(12)8(10)3/h4-6H,1H2,2-3H3,(H2,13,14,15). The molecule has 15 heavy (non-hydrogen) atoms. The molecule has 0 spiro atoms. The number of nitrogens with one attached hydrogen (secondary N) is 2. The van der Waals surface area contributed by atoms with E-state index in [9.17, 15) is 4.79 Å². The first-order valence-electron chi connectivity index (χ1n) is 4.49. The minimum atomic E-state index is -0.312. The topological polar surface area (TPSA) is 41.1 Å². The third kappa shape index (κ3) is 3.29. The van der Waals surface area contributed by atoms with Crippen LogP contribution in [0.1, 0.15) is 12.5 Å². The van der Waals surface area contributed by atoms with Gasteiger partial charge in [-0.25, -0.2) is 4.79 Å².